The number of aliphatic carboxylic acids is 1. The maximum atomic E-state index is 13.0. The van der Waals surface area contributed by atoms with Crippen molar-refractivity contribution in [3.05, 3.63) is 35.4 Å². The predicted octanol–water partition coefficient (Wildman–Crippen LogP) is 1.96. The Morgan fingerprint density at radius 1 is 1.31 bits per heavy atom. The first kappa shape index (κ1) is 12.2. The van der Waals surface area contributed by atoms with Crippen LogP contribution in [0.15, 0.2) is 18.2 Å². The van der Waals surface area contributed by atoms with Gasteiger partial charge in [0.2, 0.25) is 6.17 Å². The van der Waals surface area contributed by atoms with Crippen LogP contribution in [0.4, 0.5) is 13.2 Å². The second kappa shape index (κ2) is 4.78. The lowest BCUT2D eigenvalue weighted by molar-refractivity contribution is -0.142. The number of hydrogen-bond acceptors (Lipinski definition) is 2. The zero-order valence-corrected chi connectivity index (χ0v) is 7.91. The second-order valence-electron chi connectivity index (χ2n) is 3.06. The average molecular weight is 232 g/mol. The van der Waals surface area contributed by atoms with Gasteiger partial charge in [0.15, 0.2) is 5.78 Å². The van der Waals surface area contributed by atoms with Crippen LogP contribution >= 0.6 is 0 Å². The molecular weight excluding hydrogens is 225 g/mol. The molecule has 16 heavy (non-hydrogen) atoms. The van der Waals surface area contributed by atoms with Gasteiger partial charge in [-0.05, 0) is 12.1 Å². The first-order valence-electron chi connectivity index (χ1n) is 4.27. The normalized spacial score (nSPS) is 12.2. The Kier molecular flexibility index (Phi) is 3.65. The molecule has 0 saturated carbocycles. The van der Waals surface area contributed by atoms with Gasteiger partial charge in [-0.15, -0.1) is 0 Å². The highest BCUT2D eigenvalue weighted by molar-refractivity contribution is 5.98. The van der Waals surface area contributed by atoms with Crippen LogP contribution in [0.5, 0.6) is 0 Å². The van der Waals surface area contributed by atoms with Crippen molar-refractivity contribution in [2.45, 2.75) is 12.6 Å². The number of hydrogen-bond donors (Lipinski definition) is 1. The highest BCUT2D eigenvalue weighted by Crippen LogP contribution is 2.13. The fraction of sp³-hybridized carbons (Fsp3) is 0.200. The molecule has 0 radical (unpaired) electrons. The Bertz CT molecular complexity index is 431. The number of carbonyl (C=O) groups excluding carboxylic acids is 1. The molecule has 0 saturated heterocycles. The van der Waals surface area contributed by atoms with E-state index in [1.165, 1.54) is 0 Å². The number of halogens is 3. The summed E-state index contributed by atoms with van der Waals surface area (Å²) in [5.74, 6) is -4.82. The summed E-state index contributed by atoms with van der Waals surface area (Å²) >= 11 is 0. The number of benzene rings is 1. The van der Waals surface area contributed by atoms with Crippen LogP contribution in [0.3, 0.4) is 0 Å². The van der Waals surface area contributed by atoms with E-state index in [0.717, 1.165) is 12.1 Å². The predicted molar refractivity (Wildman–Crippen MR) is 47.8 cm³/mol. The number of ketones is 1. The quantitative estimate of drug-likeness (QED) is 0.807. The number of carbonyl (C=O) groups is 2. The molecule has 0 fully saturated rings. The van der Waals surface area contributed by atoms with Crippen molar-refractivity contribution in [3.8, 4) is 0 Å². The molecule has 1 unspecified atom stereocenters. The molecule has 6 heteroatoms. The number of Topliss-reactive ketones (excluding diaryl/α,β-unsaturated/α-hetero) is 1. The second-order valence-corrected chi connectivity index (χ2v) is 3.06. The average Bonchev–Trinajstić information content (AvgIpc) is 2.16. The number of alkyl halides is 1. The molecule has 1 rings (SSSR count). The summed E-state index contributed by atoms with van der Waals surface area (Å²) in [6.45, 7) is 0. The molecular formula is C10H7F3O3. The van der Waals surface area contributed by atoms with Gasteiger partial charge >= 0.3 is 5.97 Å². The van der Waals surface area contributed by atoms with Crippen LogP contribution in [0.1, 0.15) is 16.8 Å². The first-order valence-corrected chi connectivity index (χ1v) is 4.27. The molecule has 1 aromatic carbocycles. The van der Waals surface area contributed by atoms with E-state index in [4.69, 9.17) is 5.11 Å². The summed E-state index contributed by atoms with van der Waals surface area (Å²) in [6, 6.07) is 2.16. The van der Waals surface area contributed by atoms with Gasteiger partial charge in [0.25, 0.3) is 0 Å². The van der Waals surface area contributed by atoms with Crippen LogP contribution in [0.2, 0.25) is 0 Å². The maximum absolute atomic E-state index is 13.0. The molecule has 3 nitrogen and oxygen atoms in total. The van der Waals surface area contributed by atoms with E-state index in [0.29, 0.717) is 6.07 Å². The number of rotatable bonds is 4. The first-order chi connectivity index (χ1) is 7.41. The Labute approximate surface area is 88.5 Å². The fourth-order valence-corrected chi connectivity index (χ4v) is 1.08. The Morgan fingerprint density at radius 3 is 2.44 bits per heavy atom. The summed E-state index contributed by atoms with van der Waals surface area (Å²) in [5, 5.41) is 8.21. The van der Waals surface area contributed by atoms with Crippen molar-refractivity contribution in [3.63, 3.8) is 0 Å². The van der Waals surface area contributed by atoms with E-state index < -0.39 is 41.5 Å². The number of carboxylic acid groups (broad SMARTS) is 1. The summed E-state index contributed by atoms with van der Waals surface area (Å²) in [4.78, 5) is 21.4. The zero-order chi connectivity index (χ0) is 12.3. The van der Waals surface area contributed by atoms with Gasteiger partial charge in [0.05, 0.1) is 12.0 Å². The Hall–Kier alpha value is -1.85. The van der Waals surface area contributed by atoms with Crippen LogP contribution in [-0.2, 0) is 4.79 Å². The van der Waals surface area contributed by atoms with Crippen molar-refractivity contribution in [2.75, 3.05) is 0 Å². The van der Waals surface area contributed by atoms with Crippen LogP contribution in [-0.4, -0.2) is 23.0 Å². The van der Waals surface area contributed by atoms with E-state index in [1.54, 1.807) is 0 Å². The Balaban J connectivity index is 2.85. The van der Waals surface area contributed by atoms with Gasteiger partial charge in [-0.1, -0.05) is 0 Å². The van der Waals surface area contributed by atoms with E-state index >= 15 is 0 Å². The summed E-state index contributed by atoms with van der Waals surface area (Å²) < 4.78 is 38.2. The molecule has 1 N–H and O–H groups in total. The molecule has 0 bridgehead atoms. The standard InChI is InChI=1S/C10H7F3O3/c11-5-1-2-6(7(12)3-5)9(14)4-8(13)10(15)16/h1-3,8H,4H2,(H,15,16). The third-order valence-electron chi connectivity index (χ3n) is 1.86. The molecule has 1 atom stereocenters. The minimum absolute atomic E-state index is 0.473. The maximum Gasteiger partial charge on any atom is 0.338 e. The smallest absolute Gasteiger partial charge is 0.338 e. The van der Waals surface area contributed by atoms with Gasteiger partial charge in [-0.3, -0.25) is 4.79 Å². The van der Waals surface area contributed by atoms with Gasteiger partial charge in [-0.25, -0.2) is 18.0 Å². The van der Waals surface area contributed by atoms with E-state index in [-0.39, 0.29) is 0 Å². The molecule has 0 amide bonds. The summed E-state index contributed by atoms with van der Waals surface area (Å²) in [7, 11) is 0. The lowest BCUT2D eigenvalue weighted by Gasteiger charge is -2.03. The highest BCUT2D eigenvalue weighted by Gasteiger charge is 2.22. The number of carboxylic acids is 1. The van der Waals surface area contributed by atoms with E-state index in [1.807, 2.05) is 0 Å². The summed E-state index contributed by atoms with van der Waals surface area (Å²) in [6.07, 6.45) is -3.37. The molecule has 0 aliphatic heterocycles. The fourth-order valence-electron chi connectivity index (χ4n) is 1.08. The third kappa shape index (κ3) is 2.82. The topological polar surface area (TPSA) is 54.4 Å². The van der Waals surface area contributed by atoms with Crippen molar-refractivity contribution in [1.29, 1.82) is 0 Å². The SMILES string of the molecule is O=C(CC(F)C(=O)O)c1ccc(F)cc1F. The van der Waals surface area contributed by atoms with Crippen LogP contribution in [0.25, 0.3) is 0 Å². The highest BCUT2D eigenvalue weighted by atomic mass is 19.1. The monoisotopic (exact) mass is 232 g/mol. The van der Waals surface area contributed by atoms with Gasteiger partial charge < -0.3 is 5.11 Å². The minimum atomic E-state index is -2.39. The third-order valence-corrected chi connectivity index (χ3v) is 1.86. The largest absolute Gasteiger partial charge is 0.479 e. The zero-order valence-electron chi connectivity index (χ0n) is 7.91. The molecule has 0 heterocycles. The van der Waals surface area contributed by atoms with Crippen molar-refractivity contribution >= 4 is 11.8 Å². The van der Waals surface area contributed by atoms with Crippen LogP contribution in [0, 0.1) is 11.6 Å². The molecule has 0 aromatic heterocycles. The molecule has 0 aliphatic carbocycles. The lowest BCUT2D eigenvalue weighted by atomic mass is 10.1. The van der Waals surface area contributed by atoms with Crippen molar-refractivity contribution in [1.82, 2.24) is 0 Å². The van der Waals surface area contributed by atoms with Gasteiger partial charge in [-0.2, -0.15) is 0 Å². The van der Waals surface area contributed by atoms with E-state index in [9.17, 15) is 22.8 Å². The van der Waals surface area contributed by atoms with Gasteiger partial charge in [0.1, 0.15) is 11.6 Å². The molecule has 0 aliphatic rings. The molecule has 0 spiro atoms. The van der Waals surface area contributed by atoms with Gasteiger partial charge in [0, 0.05) is 6.07 Å². The molecule has 1 aromatic rings. The lowest BCUT2D eigenvalue weighted by Crippen LogP contribution is -2.19. The van der Waals surface area contributed by atoms with Crippen molar-refractivity contribution in [2.24, 2.45) is 0 Å². The van der Waals surface area contributed by atoms with Crippen LogP contribution < -0.4 is 0 Å². The summed E-state index contributed by atoms with van der Waals surface area (Å²) in [5.41, 5.74) is -0.523. The minimum Gasteiger partial charge on any atom is -0.479 e. The molecule has 86 valence electrons. The van der Waals surface area contributed by atoms with E-state index in [2.05, 4.69) is 0 Å². The Morgan fingerprint density at radius 2 is 1.94 bits per heavy atom. The van der Waals surface area contributed by atoms with Crippen molar-refractivity contribution < 1.29 is 27.9 Å².